The molecule has 0 bridgehead atoms. The van der Waals surface area contributed by atoms with E-state index in [9.17, 15) is 22.8 Å². The molecule has 206 valence electrons. The minimum Gasteiger partial charge on any atom is -0.444 e. The summed E-state index contributed by atoms with van der Waals surface area (Å²) in [6.45, 7) is 6.43. The minimum absolute atomic E-state index is 0.0120. The van der Waals surface area contributed by atoms with E-state index in [2.05, 4.69) is 15.5 Å². The first kappa shape index (κ1) is 28.0. The largest absolute Gasteiger partial charge is 0.444 e. The molecule has 2 aromatic rings. The van der Waals surface area contributed by atoms with Crippen LogP contribution in [0.15, 0.2) is 48.5 Å². The van der Waals surface area contributed by atoms with Gasteiger partial charge in [-0.15, -0.1) is 0 Å². The summed E-state index contributed by atoms with van der Waals surface area (Å²) in [7, 11) is 0. The van der Waals surface area contributed by atoms with Crippen LogP contribution in [0.4, 0.5) is 18.0 Å². The molecule has 1 saturated heterocycles. The molecule has 1 heterocycles. The Hall–Kier alpha value is -3.07. The zero-order valence-electron chi connectivity index (χ0n) is 22.2. The zero-order chi connectivity index (χ0) is 27.6. The first-order chi connectivity index (χ1) is 17.9. The lowest BCUT2D eigenvalue weighted by Gasteiger charge is -2.31. The van der Waals surface area contributed by atoms with Crippen LogP contribution in [0.1, 0.15) is 57.6 Å². The lowest BCUT2D eigenvalue weighted by atomic mass is 9.73. The molecule has 0 aromatic heterocycles. The zero-order valence-corrected chi connectivity index (χ0v) is 22.2. The fraction of sp³-hybridized carbons (Fsp3) is 0.517. The van der Waals surface area contributed by atoms with Crippen LogP contribution in [-0.4, -0.2) is 60.9 Å². The molecule has 1 fully saturated rings. The van der Waals surface area contributed by atoms with Gasteiger partial charge in [0.15, 0.2) is 0 Å². The summed E-state index contributed by atoms with van der Waals surface area (Å²) in [4.78, 5) is 27.9. The number of carbonyl (C=O) groups is 2. The highest BCUT2D eigenvalue weighted by atomic mass is 19.4. The number of alkyl carbamates (subject to hydrolysis) is 1. The molecular weight excluding hydrogens is 495 g/mol. The number of likely N-dealkylation sites (tertiary alicyclic amines) is 1. The summed E-state index contributed by atoms with van der Waals surface area (Å²) in [5.41, 5.74) is 1.56. The Morgan fingerprint density at radius 2 is 1.61 bits per heavy atom. The van der Waals surface area contributed by atoms with Crippen molar-refractivity contribution in [1.29, 1.82) is 0 Å². The lowest BCUT2D eigenvalue weighted by Crippen LogP contribution is -2.47. The molecular formula is C29H36F3N3O3. The Balaban J connectivity index is 1.43. The summed E-state index contributed by atoms with van der Waals surface area (Å²) < 4.78 is 44.5. The molecule has 4 rings (SSSR count). The first-order valence-corrected chi connectivity index (χ1v) is 13.2. The van der Waals surface area contributed by atoms with Gasteiger partial charge in [-0.2, -0.15) is 13.2 Å². The van der Waals surface area contributed by atoms with Crippen molar-refractivity contribution in [3.8, 4) is 11.1 Å². The van der Waals surface area contributed by atoms with Gasteiger partial charge in [-0.25, -0.2) is 4.79 Å². The number of nitrogens with one attached hydrogen (secondary N) is 2. The van der Waals surface area contributed by atoms with Crippen LogP contribution in [0.5, 0.6) is 0 Å². The molecule has 6 nitrogen and oxygen atoms in total. The monoisotopic (exact) mass is 531 g/mol. The smallest absolute Gasteiger partial charge is 0.407 e. The maximum atomic E-state index is 13.6. The predicted molar refractivity (Wildman–Crippen MR) is 140 cm³/mol. The van der Waals surface area contributed by atoms with Crippen molar-refractivity contribution in [3.05, 3.63) is 59.7 Å². The number of nitrogens with zero attached hydrogens (tertiary/aromatic N) is 1. The topological polar surface area (TPSA) is 70.7 Å². The second kappa shape index (κ2) is 11.0. The Bertz CT molecular complexity index is 1110. The Morgan fingerprint density at radius 3 is 2.18 bits per heavy atom. The third-order valence-electron chi connectivity index (χ3n) is 7.17. The highest BCUT2D eigenvalue weighted by Crippen LogP contribution is 2.51. The highest BCUT2D eigenvalue weighted by molar-refractivity contribution is 6.00. The lowest BCUT2D eigenvalue weighted by molar-refractivity contribution is -0.141. The van der Waals surface area contributed by atoms with Gasteiger partial charge in [0.2, 0.25) is 5.91 Å². The summed E-state index contributed by atoms with van der Waals surface area (Å²) in [6.07, 6.45) is -2.26. The number of hydrogen-bond acceptors (Lipinski definition) is 4. The van der Waals surface area contributed by atoms with Crippen molar-refractivity contribution in [3.63, 3.8) is 0 Å². The summed E-state index contributed by atoms with van der Waals surface area (Å²) in [5, 5.41) is 5.10. The Labute approximate surface area is 221 Å². The number of ether oxygens (including phenoxy) is 1. The molecule has 1 aliphatic carbocycles. The number of benzene rings is 2. The van der Waals surface area contributed by atoms with Gasteiger partial charge in [0.05, 0.1) is 0 Å². The molecule has 1 unspecified atom stereocenters. The number of halogens is 3. The van der Waals surface area contributed by atoms with Gasteiger partial charge in [-0.1, -0.05) is 55.0 Å². The number of carbonyl (C=O) groups excluding carboxylic acids is 2. The van der Waals surface area contributed by atoms with E-state index in [1.54, 1.807) is 0 Å². The van der Waals surface area contributed by atoms with Crippen LogP contribution in [-0.2, 0) is 14.9 Å². The number of alkyl halides is 3. The van der Waals surface area contributed by atoms with Crippen LogP contribution in [0.25, 0.3) is 11.1 Å². The molecule has 1 atom stereocenters. The average molecular weight is 532 g/mol. The summed E-state index contributed by atoms with van der Waals surface area (Å²) in [6, 6.07) is 15.0. The molecule has 0 radical (unpaired) electrons. The second-order valence-electron chi connectivity index (χ2n) is 11.2. The summed E-state index contributed by atoms with van der Waals surface area (Å²) >= 11 is 0. The molecule has 2 amide bonds. The molecule has 0 spiro atoms. The van der Waals surface area contributed by atoms with E-state index < -0.39 is 35.7 Å². The maximum absolute atomic E-state index is 13.6. The van der Waals surface area contributed by atoms with Crippen LogP contribution in [0.3, 0.4) is 0 Å². The van der Waals surface area contributed by atoms with Crippen molar-refractivity contribution in [2.75, 3.05) is 26.2 Å². The number of hydrogen-bond donors (Lipinski definition) is 2. The van der Waals surface area contributed by atoms with E-state index in [0.717, 1.165) is 48.2 Å². The van der Waals surface area contributed by atoms with Crippen LogP contribution < -0.4 is 10.6 Å². The van der Waals surface area contributed by atoms with E-state index in [0.29, 0.717) is 19.4 Å². The van der Waals surface area contributed by atoms with Crippen molar-refractivity contribution in [2.24, 2.45) is 0 Å². The first-order valence-electron chi connectivity index (χ1n) is 13.2. The maximum Gasteiger partial charge on any atom is 0.407 e. The van der Waals surface area contributed by atoms with Crippen molar-refractivity contribution in [1.82, 2.24) is 15.5 Å². The molecule has 9 heteroatoms. The minimum atomic E-state index is -4.49. The predicted octanol–water partition coefficient (Wildman–Crippen LogP) is 5.40. The van der Waals surface area contributed by atoms with Gasteiger partial charge >= 0.3 is 12.3 Å². The van der Waals surface area contributed by atoms with Crippen LogP contribution >= 0.6 is 0 Å². The van der Waals surface area contributed by atoms with Crippen molar-refractivity contribution >= 4 is 12.0 Å². The van der Waals surface area contributed by atoms with Crippen molar-refractivity contribution in [2.45, 2.75) is 69.7 Å². The number of amides is 2. The van der Waals surface area contributed by atoms with Gasteiger partial charge in [0, 0.05) is 19.1 Å². The van der Waals surface area contributed by atoms with E-state index in [-0.39, 0.29) is 6.04 Å². The molecule has 2 aromatic carbocycles. The van der Waals surface area contributed by atoms with Gasteiger partial charge in [-0.3, -0.25) is 4.79 Å². The fourth-order valence-electron chi connectivity index (χ4n) is 5.64. The van der Waals surface area contributed by atoms with Gasteiger partial charge in [-0.05, 0) is 68.8 Å². The highest BCUT2D eigenvalue weighted by Gasteiger charge is 2.49. The SMILES string of the molecule is CC(C)(C)OC(=O)NC1CCN(CCCCC2(C(=O)NCC(F)(F)F)c3ccccc3-c3ccccc32)C1. The summed E-state index contributed by atoms with van der Waals surface area (Å²) in [5.74, 6) is -0.616. The van der Waals surface area contributed by atoms with Crippen LogP contribution in [0, 0.1) is 0 Å². The molecule has 0 saturated carbocycles. The quantitative estimate of drug-likeness (QED) is 0.448. The average Bonchev–Trinajstić information content (AvgIpc) is 3.39. The van der Waals surface area contributed by atoms with E-state index >= 15 is 0 Å². The van der Waals surface area contributed by atoms with Gasteiger partial charge in [0.25, 0.3) is 0 Å². The molecule has 2 aliphatic rings. The second-order valence-corrected chi connectivity index (χ2v) is 11.2. The number of rotatable bonds is 8. The van der Waals surface area contributed by atoms with E-state index in [1.807, 2.05) is 69.3 Å². The Kier molecular flexibility index (Phi) is 8.06. The Morgan fingerprint density at radius 1 is 1.00 bits per heavy atom. The third-order valence-corrected chi connectivity index (χ3v) is 7.17. The third kappa shape index (κ3) is 6.31. The van der Waals surface area contributed by atoms with Crippen molar-refractivity contribution < 1.29 is 27.5 Å². The van der Waals surface area contributed by atoms with Gasteiger partial charge < -0.3 is 20.3 Å². The van der Waals surface area contributed by atoms with Crippen LogP contribution in [0.2, 0.25) is 0 Å². The van der Waals surface area contributed by atoms with E-state index in [4.69, 9.17) is 4.74 Å². The normalized spacial score (nSPS) is 18.5. The standard InChI is InChI=1S/C29H36F3N3O3/c1-27(2,3)38-26(37)34-20-14-17-35(18-20)16-9-8-15-28(25(36)33-19-29(30,31)32)23-12-6-4-10-21(23)22-11-5-7-13-24(22)28/h4-7,10-13,20H,8-9,14-19H2,1-3H3,(H,33,36)(H,34,37). The van der Waals surface area contributed by atoms with E-state index in [1.165, 1.54) is 0 Å². The molecule has 38 heavy (non-hydrogen) atoms. The fourth-order valence-corrected chi connectivity index (χ4v) is 5.64. The number of fused-ring (bicyclic) bond motifs is 3. The number of unbranched alkanes of at least 4 members (excludes halogenated alkanes) is 1. The molecule has 2 N–H and O–H groups in total. The molecule has 1 aliphatic heterocycles. The van der Waals surface area contributed by atoms with Gasteiger partial charge in [0.1, 0.15) is 17.6 Å².